The first kappa shape index (κ1) is 18.0. The van der Waals surface area contributed by atoms with Crippen molar-refractivity contribution in [3.8, 4) is 11.1 Å². The van der Waals surface area contributed by atoms with Crippen molar-refractivity contribution in [3.05, 3.63) is 41.0 Å². The van der Waals surface area contributed by atoms with E-state index in [2.05, 4.69) is 30.9 Å². The van der Waals surface area contributed by atoms with Gasteiger partial charge in [0, 0.05) is 22.6 Å². The average molecular weight is 431 g/mol. The smallest absolute Gasteiger partial charge is 0.215 e. The number of tetrazole rings is 1. The topological polar surface area (TPSA) is 78.6 Å². The Kier molecular flexibility index (Phi) is 4.98. The van der Waals surface area contributed by atoms with Crippen LogP contribution in [-0.4, -0.2) is 42.9 Å². The SMILES string of the molecule is Clc1ccc(-c2csc3ncnc(Sc4nnnn4C[C@H]4CCCO4)c23)cc1. The van der Waals surface area contributed by atoms with Crippen LogP contribution in [0.1, 0.15) is 12.8 Å². The van der Waals surface area contributed by atoms with E-state index in [1.54, 1.807) is 22.3 Å². The Morgan fingerprint density at radius 1 is 1.25 bits per heavy atom. The van der Waals surface area contributed by atoms with Gasteiger partial charge >= 0.3 is 0 Å². The predicted octanol–water partition coefficient (Wildman–Crippen LogP) is 4.33. The van der Waals surface area contributed by atoms with Crippen LogP contribution in [0.5, 0.6) is 0 Å². The molecule has 1 atom stereocenters. The fourth-order valence-electron chi connectivity index (χ4n) is 3.22. The van der Waals surface area contributed by atoms with E-state index in [1.165, 1.54) is 11.8 Å². The van der Waals surface area contributed by atoms with Gasteiger partial charge in [-0.3, -0.25) is 0 Å². The number of thiophene rings is 1. The second-order valence-electron chi connectivity index (χ2n) is 6.40. The normalized spacial score (nSPS) is 16.8. The van der Waals surface area contributed by atoms with Crippen LogP contribution < -0.4 is 0 Å². The molecule has 1 saturated heterocycles. The lowest BCUT2D eigenvalue weighted by atomic mass is 10.1. The summed E-state index contributed by atoms with van der Waals surface area (Å²) in [5, 5.41) is 17.5. The van der Waals surface area contributed by atoms with Crippen molar-refractivity contribution >= 4 is 44.9 Å². The minimum Gasteiger partial charge on any atom is -0.376 e. The van der Waals surface area contributed by atoms with E-state index in [4.69, 9.17) is 16.3 Å². The van der Waals surface area contributed by atoms with Crippen LogP contribution in [0.4, 0.5) is 0 Å². The Morgan fingerprint density at radius 3 is 2.96 bits per heavy atom. The summed E-state index contributed by atoms with van der Waals surface area (Å²) in [4.78, 5) is 9.88. The van der Waals surface area contributed by atoms with Crippen LogP contribution in [0.15, 0.2) is 46.2 Å². The summed E-state index contributed by atoms with van der Waals surface area (Å²) >= 11 is 9.09. The van der Waals surface area contributed by atoms with E-state index in [0.29, 0.717) is 16.7 Å². The molecule has 4 aromatic rings. The second-order valence-corrected chi connectivity index (χ2v) is 8.65. The third-order valence-electron chi connectivity index (χ3n) is 4.58. The maximum atomic E-state index is 6.04. The van der Waals surface area contributed by atoms with Gasteiger partial charge in [0.25, 0.3) is 0 Å². The fourth-order valence-corrected chi connectivity index (χ4v) is 5.20. The molecule has 4 heterocycles. The number of halogens is 1. The van der Waals surface area contributed by atoms with Gasteiger partial charge in [-0.25, -0.2) is 14.6 Å². The summed E-state index contributed by atoms with van der Waals surface area (Å²) < 4.78 is 7.51. The zero-order valence-electron chi connectivity index (χ0n) is 14.7. The Hall–Kier alpha value is -2.07. The van der Waals surface area contributed by atoms with E-state index in [9.17, 15) is 0 Å². The largest absolute Gasteiger partial charge is 0.376 e. The van der Waals surface area contributed by atoms with Crippen molar-refractivity contribution in [3.63, 3.8) is 0 Å². The van der Waals surface area contributed by atoms with Gasteiger partial charge in [0.05, 0.1) is 18.0 Å². The Bertz CT molecular complexity index is 1110. The maximum absolute atomic E-state index is 6.04. The highest BCUT2D eigenvalue weighted by Gasteiger charge is 2.21. The van der Waals surface area contributed by atoms with Crippen LogP contribution in [-0.2, 0) is 11.3 Å². The molecule has 0 amide bonds. The van der Waals surface area contributed by atoms with Gasteiger partial charge in [-0.05, 0) is 52.7 Å². The van der Waals surface area contributed by atoms with Gasteiger partial charge in [0.15, 0.2) is 0 Å². The third kappa shape index (κ3) is 3.50. The van der Waals surface area contributed by atoms with Gasteiger partial charge in [-0.2, -0.15) is 0 Å². The number of rotatable bonds is 5. The second kappa shape index (κ2) is 7.75. The van der Waals surface area contributed by atoms with Crippen molar-refractivity contribution in [2.75, 3.05) is 6.61 Å². The Morgan fingerprint density at radius 2 is 2.14 bits per heavy atom. The number of benzene rings is 1. The van der Waals surface area contributed by atoms with E-state index in [1.807, 2.05) is 24.3 Å². The molecule has 0 saturated carbocycles. The molecule has 142 valence electrons. The van der Waals surface area contributed by atoms with Crippen molar-refractivity contribution in [1.29, 1.82) is 0 Å². The highest BCUT2D eigenvalue weighted by molar-refractivity contribution is 7.99. The Balaban J connectivity index is 1.51. The molecular weight excluding hydrogens is 416 g/mol. The van der Waals surface area contributed by atoms with Crippen LogP contribution in [0.25, 0.3) is 21.3 Å². The lowest BCUT2D eigenvalue weighted by molar-refractivity contribution is 0.0912. The summed E-state index contributed by atoms with van der Waals surface area (Å²) in [7, 11) is 0. The quantitative estimate of drug-likeness (QED) is 0.436. The van der Waals surface area contributed by atoms with Crippen molar-refractivity contribution in [1.82, 2.24) is 30.2 Å². The number of hydrogen-bond donors (Lipinski definition) is 0. The first-order valence-electron chi connectivity index (χ1n) is 8.82. The molecule has 0 N–H and O–H groups in total. The van der Waals surface area contributed by atoms with Crippen molar-refractivity contribution < 1.29 is 4.74 Å². The monoisotopic (exact) mass is 430 g/mol. The lowest BCUT2D eigenvalue weighted by Crippen LogP contribution is -2.16. The minimum absolute atomic E-state index is 0.166. The predicted molar refractivity (Wildman–Crippen MR) is 109 cm³/mol. The van der Waals surface area contributed by atoms with Crippen molar-refractivity contribution in [2.24, 2.45) is 0 Å². The highest BCUT2D eigenvalue weighted by atomic mass is 35.5. The summed E-state index contributed by atoms with van der Waals surface area (Å²) in [6.07, 6.45) is 3.87. The molecule has 28 heavy (non-hydrogen) atoms. The standard InChI is InChI=1S/C18H15ClN6OS2/c19-12-5-3-11(4-6-12)14-9-27-16-15(14)17(21-10-20-16)28-18-22-23-24-25(18)8-13-2-1-7-26-13/h3-6,9-10,13H,1-2,7-8H2/t13-/m1/s1. The fraction of sp³-hybridized carbons (Fsp3) is 0.278. The van der Waals surface area contributed by atoms with Gasteiger partial charge in [0.1, 0.15) is 16.2 Å². The van der Waals surface area contributed by atoms with E-state index in [-0.39, 0.29) is 6.10 Å². The molecular formula is C18H15ClN6OS2. The van der Waals surface area contributed by atoms with E-state index >= 15 is 0 Å². The number of hydrogen-bond acceptors (Lipinski definition) is 8. The summed E-state index contributed by atoms with van der Waals surface area (Å²) in [5.41, 5.74) is 2.16. The molecule has 0 radical (unpaired) electrons. The number of ether oxygens (including phenoxy) is 1. The van der Waals surface area contributed by atoms with Crippen LogP contribution in [0, 0.1) is 0 Å². The third-order valence-corrected chi connectivity index (χ3v) is 6.69. The summed E-state index contributed by atoms with van der Waals surface area (Å²) in [6.45, 7) is 1.46. The van der Waals surface area contributed by atoms with Gasteiger partial charge in [-0.1, -0.05) is 23.7 Å². The molecule has 0 unspecified atom stereocenters. The minimum atomic E-state index is 0.166. The number of aromatic nitrogens is 6. The van der Waals surface area contributed by atoms with Crippen LogP contribution in [0.3, 0.4) is 0 Å². The molecule has 7 nitrogen and oxygen atoms in total. The molecule has 1 fully saturated rings. The molecule has 0 aliphatic carbocycles. The molecule has 1 aromatic carbocycles. The van der Waals surface area contributed by atoms with Crippen molar-refractivity contribution in [2.45, 2.75) is 35.7 Å². The molecule has 3 aromatic heterocycles. The first-order valence-corrected chi connectivity index (χ1v) is 10.9. The lowest BCUT2D eigenvalue weighted by Gasteiger charge is -2.10. The van der Waals surface area contributed by atoms with Crippen LogP contribution >= 0.6 is 34.7 Å². The molecule has 5 rings (SSSR count). The highest BCUT2D eigenvalue weighted by Crippen LogP contribution is 2.39. The molecule has 1 aliphatic heterocycles. The number of nitrogens with zero attached hydrogens (tertiary/aromatic N) is 6. The number of fused-ring (bicyclic) bond motifs is 1. The summed E-state index contributed by atoms with van der Waals surface area (Å²) in [5.74, 6) is 0. The molecule has 0 spiro atoms. The first-order chi connectivity index (χ1) is 13.8. The summed E-state index contributed by atoms with van der Waals surface area (Å²) in [6, 6.07) is 7.79. The average Bonchev–Trinajstić information content (AvgIpc) is 3.45. The zero-order chi connectivity index (χ0) is 18.9. The van der Waals surface area contributed by atoms with Gasteiger partial charge < -0.3 is 4.74 Å². The zero-order valence-corrected chi connectivity index (χ0v) is 17.0. The van der Waals surface area contributed by atoms with Gasteiger partial charge in [-0.15, -0.1) is 16.4 Å². The van der Waals surface area contributed by atoms with E-state index < -0.39 is 0 Å². The molecule has 10 heteroatoms. The van der Waals surface area contributed by atoms with E-state index in [0.717, 1.165) is 45.8 Å². The van der Waals surface area contributed by atoms with Gasteiger partial charge in [0.2, 0.25) is 5.16 Å². The van der Waals surface area contributed by atoms with Crippen LogP contribution in [0.2, 0.25) is 5.02 Å². The molecule has 0 bridgehead atoms. The Labute approximate surface area is 174 Å². The maximum Gasteiger partial charge on any atom is 0.215 e. The molecule has 1 aliphatic rings.